The van der Waals surface area contributed by atoms with Gasteiger partial charge in [-0.1, -0.05) is 0 Å². The number of fused-ring (bicyclic) bond motifs is 1. The van der Waals surface area contributed by atoms with Crippen molar-refractivity contribution in [2.45, 2.75) is 38.5 Å². The highest BCUT2D eigenvalue weighted by molar-refractivity contribution is 7.09. The SMILES string of the molecule is CC1COCCN1c1cc(-c2ccns2)c2ccnc(-c3ccnn3C3CCCCO3)c2n1. The maximum Gasteiger partial charge on any atom is 0.150 e. The minimum Gasteiger partial charge on any atom is -0.377 e. The molecule has 0 N–H and O–H groups in total. The summed E-state index contributed by atoms with van der Waals surface area (Å²) in [5.74, 6) is 0.941. The van der Waals surface area contributed by atoms with Gasteiger partial charge in [-0.15, -0.1) is 0 Å². The van der Waals surface area contributed by atoms with E-state index >= 15 is 0 Å². The number of morpholine rings is 1. The maximum atomic E-state index is 6.04. The average Bonchev–Trinajstić information content (AvgIpc) is 3.56. The molecule has 0 radical (unpaired) electrons. The van der Waals surface area contributed by atoms with Gasteiger partial charge in [0.25, 0.3) is 0 Å². The molecule has 8 nitrogen and oxygen atoms in total. The molecule has 0 saturated carbocycles. The molecule has 33 heavy (non-hydrogen) atoms. The van der Waals surface area contributed by atoms with E-state index < -0.39 is 0 Å². The summed E-state index contributed by atoms with van der Waals surface area (Å²) in [6.07, 6.45) is 8.66. The van der Waals surface area contributed by atoms with Crippen molar-refractivity contribution < 1.29 is 9.47 Å². The lowest BCUT2D eigenvalue weighted by Gasteiger charge is -2.34. The second-order valence-corrected chi connectivity index (χ2v) is 9.39. The minimum absolute atomic E-state index is 0.0655. The van der Waals surface area contributed by atoms with Crippen LogP contribution >= 0.6 is 11.5 Å². The fourth-order valence-corrected chi connectivity index (χ4v) is 5.37. The Morgan fingerprint density at radius 1 is 1.09 bits per heavy atom. The summed E-state index contributed by atoms with van der Waals surface area (Å²) < 4.78 is 18.0. The summed E-state index contributed by atoms with van der Waals surface area (Å²) in [5.41, 5.74) is 3.75. The van der Waals surface area contributed by atoms with E-state index in [1.807, 2.05) is 35.4 Å². The largest absolute Gasteiger partial charge is 0.377 e. The molecule has 2 atom stereocenters. The maximum absolute atomic E-state index is 6.04. The Hall–Kier alpha value is -2.88. The predicted octanol–water partition coefficient (Wildman–Crippen LogP) is 4.54. The van der Waals surface area contributed by atoms with E-state index in [0.717, 1.165) is 71.0 Å². The third kappa shape index (κ3) is 3.80. The molecule has 6 rings (SSSR count). The second-order valence-electron chi connectivity index (χ2n) is 8.56. The molecule has 0 amide bonds. The van der Waals surface area contributed by atoms with E-state index in [1.165, 1.54) is 11.5 Å². The van der Waals surface area contributed by atoms with E-state index in [9.17, 15) is 0 Å². The zero-order chi connectivity index (χ0) is 22.2. The van der Waals surface area contributed by atoms with Crippen LogP contribution in [0.5, 0.6) is 0 Å². The highest BCUT2D eigenvalue weighted by atomic mass is 32.1. The molecule has 2 unspecified atom stereocenters. The fourth-order valence-electron chi connectivity index (χ4n) is 4.75. The van der Waals surface area contributed by atoms with Gasteiger partial charge in [-0.25, -0.2) is 14.0 Å². The van der Waals surface area contributed by atoms with Gasteiger partial charge in [0.2, 0.25) is 0 Å². The first-order valence-corrected chi connectivity index (χ1v) is 12.3. The van der Waals surface area contributed by atoms with Crippen LogP contribution in [-0.2, 0) is 9.47 Å². The van der Waals surface area contributed by atoms with Crippen LogP contribution < -0.4 is 4.90 Å². The molecule has 6 heterocycles. The van der Waals surface area contributed by atoms with Gasteiger partial charge in [0.1, 0.15) is 17.0 Å². The van der Waals surface area contributed by atoms with Crippen LogP contribution in [0.15, 0.2) is 42.9 Å². The van der Waals surface area contributed by atoms with Crippen molar-refractivity contribution in [2.24, 2.45) is 0 Å². The minimum atomic E-state index is -0.0655. The third-order valence-electron chi connectivity index (χ3n) is 6.42. The van der Waals surface area contributed by atoms with Crippen LogP contribution in [0, 0.1) is 0 Å². The van der Waals surface area contributed by atoms with Crippen molar-refractivity contribution in [1.82, 2.24) is 24.1 Å². The average molecular weight is 463 g/mol. The van der Waals surface area contributed by atoms with Crippen molar-refractivity contribution in [3.63, 3.8) is 0 Å². The number of ether oxygens (including phenoxy) is 2. The molecule has 4 aromatic heterocycles. The normalized spacial score (nSPS) is 21.5. The molecule has 4 aromatic rings. The van der Waals surface area contributed by atoms with E-state index in [4.69, 9.17) is 19.4 Å². The van der Waals surface area contributed by atoms with Gasteiger partial charge in [-0.05, 0) is 62.0 Å². The van der Waals surface area contributed by atoms with Gasteiger partial charge in [-0.2, -0.15) is 5.10 Å². The molecule has 0 spiro atoms. The van der Waals surface area contributed by atoms with Crippen LogP contribution in [0.1, 0.15) is 32.4 Å². The Labute approximate surface area is 196 Å². The Bertz CT molecular complexity index is 1250. The Balaban J connectivity index is 1.55. The van der Waals surface area contributed by atoms with Gasteiger partial charge >= 0.3 is 0 Å². The second kappa shape index (κ2) is 8.81. The number of hydrogen-bond acceptors (Lipinski definition) is 8. The molecule has 2 aliphatic rings. The quantitative estimate of drug-likeness (QED) is 0.440. The molecule has 0 aliphatic carbocycles. The van der Waals surface area contributed by atoms with Gasteiger partial charge < -0.3 is 14.4 Å². The number of nitrogens with zero attached hydrogens (tertiary/aromatic N) is 6. The first-order valence-electron chi connectivity index (χ1n) is 11.5. The molecule has 2 saturated heterocycles. The van der Waals surface area contributed by atoms with Crippen molar-refractivity contribution in [3.05, 3.63) is 42.9 Å². The van der Waals surface area contributed by atoms with Crippen molar-refractivity contribution >= 4 is 28.3 Å². The van der Waals surface area contributed by atoms with Gasteiger partial charge in [0.15, 0.2) is 6.23 Å². The summed E-state index contributed by atoms with van der Waals surface area (Å²) in [6, 6.07) is 8.55. The molecule has 170 valence electrons. The van der Waals surface area contributed by atoms with Crippen LogP contribution in [0.3, 0.4) is 0 Å². The summed E-state index contributed by atoms with van der Waals surface area (Å²) in [7, 11) is 0. The first-order chi connectivity index (χ1) is 16.3. The van der Waals surface area contributed by atoms with Crippen LogP contribution in [-0.4, -0.2) is 56.5 Å². The van der Waals surface area contributed by atoms with Gasteiger partial charge in [0.05, 0.1) is 29.8 Å². The van der Waals surface area contributed by atoms with Crippen LogP contribution in [0.25, 0.3) is 32.7 Å². The van der Waals surface area contributed by atoms with E-state index in [1.54, 1.807) is 0 Å². The lowest BCUT2D eigenvalue weighted by atomic mass is 10.1. The van der Waals surface area contributed by atoms with Gasteiger partial charge in [0, 0.05) is 42.7 Å². The molecule has 2 fully saturated rings. The van der Waals surface area contributed by atoms with E-state index in [0.29, 0.717) is 13.2 Å². The summed E-state index contributed by atoms with van der Waals surface area (Å²) >= 11 is 1.50. The van der Waals surface area contributed by atoms with E-state index in [2.05, 4.69) is 33.4 Å². The standard InChI is InChI=1S/C24H26N6O2S/c1-16-15-31-13-11-29(16)21-14-18(20-7-10-27-33-20)17-5-8-25-24(23(17)28-21)19-6-9-26-30(19)22-4-2-3-12-32-22/h5-10,14,16,22H,2-4,11-13,15H2,1H3. The molecule has 0 bridgehead atoms. The molecule has 0 aromatic carbocycles. The highest BCUT2D eigenvalue weighted by Gasteiger charge is 2.25. The van der Waals surface area contributed by atoms with Crippen LogP contribution in [0.4, 0.5) is 5.82 Å². The monoisotopic (exact) mass is 462 g/mol. The predicted molar refractivity (Wildman–Crippen MR) is 128 cm³/mol. The third-order valence-corrected chi connectivity index (χ3v) is 7.20. The summed E-state index contributed by atoms with van der Waals surface area (Å²) in [5, 5.41) is 5.67. The van der Waals surface area contributed by atoms with Crippen molar-refractivity contribution in [3.8, 4) is 21.8 Å². The lowest BCUT2D eigenvalue weighted by Crippen LogP contribution is -2.44. The Kier molecular flexibility index (Phi) is 5.53. The molecular weight excluding hydrogens is 436 g/mol. The zero-order valence-electron chi connectivity index (χ0n) is 18.6. The first kappa shape index (κ1) is 20.7. The highest BCUT2D eigenvalue weighted by Crippen LogP contribution is 2.38. The van der Waals surface area contributed by atoms with Crippen molar-refractivity contribution in [1.29, 1.82) is 0 Å². The molecular formula is C24H26N6O2S. The molecule has 2 aliphatic heterocycles. The molecule has 9 heteroatoms. The van der Waals surface area contributed by atoms with E-state index in [-0.39, 0.29) is 12.3 Å². The zero-order valence-corrected chi connectivity index (χ0v) is 19.4. The Morgan fingerprint density at radius 3 is 2.88 bits per heavy atom. The summed E-state index contributed by atoms with van der Waals surface area (Å²) in [6.45, 7) is 5.15. The number of rotatable bonds is 4. The topological polar surface area (TPSA) is 78.2 Å². The Morgan fingerprint density at radius 2 is 2.06 bits per heavy atom. The summed E-state index contributed by atoms with van der Waals surface area (Å²) in [4.78, 5) is 13.4. The number of anilines is 1. The van der Waals surface area contributed by atoms with Crippen molar-refractivity contribution in [2.75, 3.05) is 31.3 Å². The number of aromatic nitrogens is 5. The smallest absolute Gasteiger partial charge is 0.150 e. The lowest BCUT2D eigenvalue weighted by molar-refractivity contribution is -0.0383. The fraction of sp³-hybridized carbons (Fsp3) is 0.417. The number of hydrogen-bond donors (Lipinski definition) is 0. The number of pyridine rings is 2. The van der Waals surface area contributed by atoms with Crippen LogP contribution in [0.2, 0.25) is 0 Å². The van der Waals surface area contributed by atoms with Gasteiger partial charge in [-0.3, -0.25) is 4.98 Å².